The molecule has 0 fully saturated rings. The van der Waals surface area contributed by atoms with Crippen LogP contribution in [0.25, 0.3) is 0 Å². The smallest absolute Gasteiger partial charge is 0.227 e. The molecule has 0 aromatic heterocycles. The van der Waals surface area contributed by atoms with Crippen LogP contribution >= 0.6 is 0 Å². The number of ether oxygens (including phenoxy) is 2. The first kappa shape index (κ1) is 19.4. The highest BCUT2D eigenvalue weighted by Gasteiger charge is 2.24. The normalized spacial score (nSPS) is 11.9. The van der Waals surface area contributed by atoms with Gasteiger partial charge < -0.3 is 14.4 Å². The van der Waals surface area contributed by atoms with Crippen LogP contribution in [0.15, 0.2) is 0 Å². The monoisotopic (exact) mass is 287 g/mol. The zero-order chi connectivity index (χ0) is 15.6. The maximum Gasteiger partial charge on any atom is 0.227 e. The van der Waals surface area contributed by atoms with E-state index in [1.807, 2.05) is 27.8 Å². The van der Waals surface area contributed by atoms with E-state index in [4.69, 9.17) is 9.47 Å². The number of hydrogen-bond acceptors (Lipinski definition) is 3. The van der Waals surface area contributed by atoms with Crippen molar-refractivity contribution in [3.8, 4) is 0 Å². The summed E-state index contributed by atoms with van der Waals surface area (Å²) in [4.78, 5) is 13.6. The van der Waals surface area contributed by atoms with Gasteiger partial charge >= 0.3 is 0 Å². The first-order valence-corrected chi connectivity index (χ1v) is 7.66. The summed E-state index contributed by atoms with van der Waals surface area (Å²) in [6, 6.07) is 0. The van der Waals surface area contributed by atoms with E-state index in [0.29, 0.717) is 26.4 Å². The number of likely N-dealkylation sites (N-methyl/N-ethyl adjacent to an activating group) is 1. The van der Waals surface area contributed by atoms with Gasteiger partial charge in [0.15, 0.2) is 0 Å². The number of nitrogens with zero attached hydrogens (tertiary/aromatic N) is 1. The molecule has 0 unspecified atom stereocenters. The van der Waals surface area contributed by atoms with Gasteiger partial charge in [-0.1, -0.05) is 34.6 Å². The number of amides is 1. The van der Waals surface area contributed by atoms with Crippen LogP contribution < -0.4 is 0 Å². The summed E-state index contributed by atoms with van der Waals surface area (Å²) in [7, 11) is 1.82. The summed E-state index contributed by atoms with van der Waals surface area (Å²) in [5.41, 5.74) is -0.325. The molecular weight excluding hydrogens is 254 g/mol. The Hall–Kier alpha value is -0.610. The molecule has 20 heavy (non-hydrogen) atoms. The van der Waals surface area contributed by atoms with Crippen molar-refractivity contribution in [2.45, 2.75) is 47.5 Å². The van der Waals surface area contributed by atoms with E-state index in [9.17, 15) is 4.79 Å². The number of carbonyl (C=O) groups excluding carboxylic acids is 1. The van der Waals surface area contributed by atoms with Crippen LogP contribution in [0.4, 0.5) is 0 Å². The first-order chi connectivity index (χ1) is 9.25. The predicted molar refractivity (Wildman–Crippen MR) is 82.8 cm³/mol. The minimum atomic E-state index is -0.325. The van der Waals surface area contributed by atoms with Crippen LogP contribution in [0.1, 0.15) is 47.5 Å². The summed E-state index contributed by atoms with van der Waals surface area (Å²) in [6.07, 6.45) is 2.32. The quantitative estimate of drug-likeness (QED) is 0.580. The van der Waals surface area contributed by atoms with E-state index in [-0.39, 0.29) is 11.3 Å². The molecule has 0 bridgehead atoms. The summed E-state index contributed by atoms with van der Waals surface area (Å²) in [6.45, 7) is 13.5. The van der Waals surface area contributed by atoms with Crippen LogP contribution in [0.2, 0.25) is 0 Å². The standard InChI is InChI=1S/C16H33NO3/c1-14(2)8-7-10-19-12-13-20-11-9-17(6)15(18)16(3,4)5/h14H,7-13H2,1-6H3. The lowest BCUT2D eigenvalue weighted by Gasteiger charge is -2.25. The van der Waals surface area contributed by atoms with Crippen molar-refractivity contribution in [1.82, 2.24) is 4.90 Å². The highest BCUT2D eigenvalue weighted by atomic mass is 16.5. The fourth-order valence-corrected chi connectivity index (χ4v) is 1.79. The third-order valence-corrected chi connectivity index (χ3v) is 3.00. The average molecular weight is 287 g/mol. The molecule has 0 aromatic carbocycles. The van der Waals surface area contributed by atoms with Gasteiger partial charge in [0.2, 0.25) is 5.91 Å². The van der Waals surface area contributed by atoms with E-state index < -0.39 is 0 Å². The van der Waals surface area contributed by atoms with Crippen molar-refractivity contribution in [2.24, 2.45) is 11.3 Å². The van der Waals surface area contributed by atoms with Crippen molar-refractivity contribution in [2.75, 3.05) is 40.0 Å². The van der Waals surface area contributed by atoms with E-state index in [1.54, 1.807) is 4.90 Å². The molecule has 0 spiro atoms. The fourth-order valence-electron chi connectivity index (χ4n) is 1.79. The molecule has 0 aliphatic rings. The second kappa shape index (κ2) is 10.2. The summed E-state index contributed by atoms with van der Waals surface area (Å²) in [5, 5.41) is 0. The lowest BCUT2D eigenvalue weighted by atomic mass is 9.95. The summed E-state index contributed by atoms with van der Waals surface area (Å²) < 4.78 is 11.0. The third kappa shape index (κ3) is 10.2. The van der Waals surface area contributed by atoms with E-state index in [1.165, 1.54) is 6.42 Å². The zero-order valence-electron chi connectivity index (χ0n) is 14.2. The Morgan fingerprint density at radius 1 is 1.05 bits per heavy atom. The Labute approximate surface area is 124 Å². The minimum absolute atomic E-state index is 0.144. The van der Waals surface area contributed by atoms with Gasteiger partial charge in [0, 0.05) is 25.6 Å². The largest absolute Gasteiger partial charge is 0.379 e. The van der Waals surface area contributed by atoms with Gasteiger partial charge in [-0.15, -0.1) is 0 Å². The molecule has 0 saturated heterocycles. The van der Waals surface area contributed by atoms with Crippen molar-refractivity contribution >= 4 is 5.91 Å². The van der Waals surface area contributed by atoms with Crippen molar-refractivity contribution < 1.29 is 14.3 Å². The molecule has 0 heterocycles. The van der Waals surface area contributed by atoms with E-state index in [2.05, 4.69) is 13.8 Å². The highest BCUT2D eigenvalue weighted by Crippen LogP contribution is 2.15. The molecule has 0 rings (SSSR count). The first-order valence-electron chi connectivity index (χ1n) is 7.66. The number of hydrogen-bond donors (Lipinski definition) is 0. The second-order valence-corrected chi connectivity index (χ2v) is 6.74. The van der Waals surface area contributed by atoms with Crippen LogP contribution in [-0.4, -0.2) is 50.8 Å². The molecular formula is C16H33NO3. The molecule has 0 aliphatic heterocycles. The maximum absolute atomic E-state index is 11.9. The Balaban J connectivity index is 3.42. The van der Waals surface area contributed by atoms with Crippen LogP contribution in [-0.2, 0) is 14.3 Å². The van der Waals surface area contributed by atoms with Crippen LogP contribution in [0.3, 0.4) is 0 Å². The van der Waals surface area contributed by atoms with Crippen LogP contribution in [0, 0.1) is 11.3 Å². The number of carbonyl (C=O) groups is 1. The predicted octanol–water partition coefficient (Wildman–Crippen LogP) is 2.96. The summed E-state index contributed by atoms with van der Waals surface area (Å²) >= 11 is 0. The lowest BCUT2D eigenvalue weighted by molar-refractivity contribution is -0.138. The molecule has 4 nitrogen and oxygen atoms in total. The Kier molecular flexibility index (Phi) is 9.86. The minimum Gasteiger partial charge on any atom is -0.379 e. The molecule has 0 aliphatic carbocycles. The molecule has 0 N–H and O–H groups in total. The van der Waals surface area contributed by atoms with Gasteiger partial charge in [-0.05, 0) is 18.8 Å². The van der Waals surface area contributed by atoms with Crippen molar-refractivity contribution in [1.29, 1.82) is 0 Å². The SMILES string of the molecule is CC(C)CCCOCCOCCN(C)C(=O)C(C)(C)C. The van der Waals surface area contributed by atoms with Gasteiger partial charge in [0.25, 0.3) is 0 Å². The van der Waals surface area contributed by atoms with Gasteiger partial charge in [-0.2, -0.15) is 0 Å². The molecule has 1 amide bonds. The second-order valence-electron chi connectivity index (χ2n) is 6.74. The number of rotatable bonds is 10. The fraction of sp³-hybridized carbons (Fsp3) is 0.938. The van der Waals surface area contributed by atoms with Gasteiger partial charge in [-0.3, -0.25) is 4.79 Å². The average Bonchev–Trinajstić information content (AvgIpc) is 2.34. The molecule has 0 atom stereocenters. The molecule has 0 radical (unpaired) electrons. The Bertz CT molecular complexity index is 259. The highest BCUT2D eigenvalue weighted by molar-refractivity contribution is 5.81. The van der Waals surface area contributed by atoms with E-state index in [0.717, 1.165) is 18.9 Å². The lowest BCUT2D eigenvalue weighted by Crippen LogP contribution is -2.38. The molecule has 0 saturated carbocycles. The van der Waals surface area contributed by atoms with Gasteiger partial charge in [0.05, 0.1) is 19.8 Å². The molecule has 120 valence electrons. The van der Waals surface area contributed by atoms with Crippen molar-refractivity contribution in [3.05, 3.63) is 0 Å². The van der Waals surface area contributed by atoms with Gasteiger partial charge in [0.1, 0.15) is 0 Å². The molecule has 4 heteroatoms. The van der Waals surface area contributed by atoms with E-state index >= 15 is 0 Å². The van der Waals surface area contributed by atoms with Gasteiger partial charge in [-0.25, -0.2) is 0 Å². The topological polar surface area (TPSA) is 38.8 Å². The summed E-state index contributed by atoms with van der Waals surface area (Å²) in [5.74, 6) is 0.886. The van der Waals surface area contributed by atoms with Crippen molar-refractivity contribution in [3.63, 3.8) is 0 Å². The maximum atomic E-state index is 11.9. The Morgan fingerprint density at radius 3 is 2.10 bits per heavy atom. The third-order valence-electron chi connectivity index (χ3n) is 3.00. The van der Waals surface area contributed by atoms with Crippen LogP contribution in [0.5, 0.6) is 0 Å². The molecule has 0 aromatic rings. The Morgan fingerprint density at radius 2 is 1.60 bits per heavy atom. The zero-order valence-corrected chi connectivity index (χ0v) is 14.2.